The van der Waals surface area contributed by atoms with Gasteiger partial charge in [-0.3, -0.25) is 10.1 Å². The molecular weight excluding hydrogens is 212 g/mol. The van der Waals surface area contributed by atoms with Gasteiger partial charge in [-0.2, -0.15) is 0 Å². The molecule has 1 aliphatic rings. The molecule has 0 radical (unpaired) electrons. The first kappa shape index (κ1) is 10.8. The minimum absolute atomic E-state index is 0.0678. The van der Waals surface area contributed by atoms with Crippen LogP contribution >= 0.6 is 0 Å². The van der Waals surface area contributed by atoms with Crippen molar-refractivity contribution in [2.75, 3.05) is 25.1 Å². The molecular formula is C10H12N2O4. The summed E-state index contributed by atoms with van der Waals surface area (Å²) in [5.74, 6) is 0. The highest BCUT2D eigenvalue weighted by molar-refractivity contribution is 5.50. The molecule has 0 aliphatic carbocycles. The van der Waals surface area contributed by atoms with Gasteiger partial charge in [-0.25, -0.2) is 0 Å². The highest BCUT2D eigenvalue weighted by Gasteiger charge is 2.15. The monoisotopic (exact) mass is 224 g/mol. The maximum absolute atomic E-state index is 10.5. The van der Waals surface area contributed by atoms with Gasteiger partial charge >= 0.3 is 0 Å². The normalized spacial score (nSPS) is 16.2. The number of hydrogen-bond acceptors (Lipinski definition) is 5. The van der Waals surface area contributed by atoms with Gasteiger partial charge in [-0.1, -0.05) is 6.07 Å². The molecule has 1 aliphatic heterocycles. The Hall–Kier alpha value is -1.66. The lowest BCUT2D eigenvalue weighted by Gasteiger charge is -2.10. The van der Waals surface area contributed by atoms with E-state index in [1.54, 1.807) is 12.1 Å². The first-order chi connectivity index (χ1) is 7.75. The van der Waals surface area contributed by atoms with Crippen molar-refractivity contribution in [3.63, 3.8) is 0 Å². The van der Waals surface area contributed by atoms with Crippen molar-refractivity contribution in [1.29, 1.82) is 0 Å². The number of ether oxygens (including phenoxy) is 2. The second-order valence-electron chi connectivity index (χ2n) is 3.36. The van der Waals surface area contributed by atoms with Gasteiger partial charge in [-0.05, 0) is 6.07 Å². The van der Waals surface area contributed by atoms with Gasteiger partial charge in [0.25, 0.3) is 5.69 Å². The molecule has 0 spiro atoms. The Morgan fingerprint density at radius 2 is 2.19 bits per heavy atom. The molecule has 0 aromatic heterocycles. The number of rotatable bonds is 4. The third-order valence-electron chi connectivity index (χ3n) is 2.22. The van der Waals surface area contributed by atoms with Crippen LogP contribution < -0.4 is 5.32 Å². The fourth-order valence-corrected chi connectivity index (χ4v) is 1.46. The highest BCUT2D eigenvalue weighted by atomic mass is 16.7. The van der Waals surface area contributed by atoms with Crippen LogP contribution in [0.3, 0.4) is 0 Å². The van der Waals surface area contributed by atoms with E-state index in [1.165, 1.54) is 12.1 Å². The van der Waals surface area contributed by atoms with E-state index in [4.69, 9.17) is 9.47 Å². The standard InChI is InChI=1S/C10H12N2O4/c13-12(14)9-3-1-2-8(6-9)11-7-10-15-4-5-16-10/h1-3,6,10-11H,4-5,7H2. The van der Waals surface area contributed by atoms with E-state index in [9.17, 15) is 10.1 Å². The van der Waals surface area contributed by atoms with Crippen molar-refractivity contribution >= 4 is 11.4 Å². The van der Waals surface area contributed by atoms with Crippen LogP contribution in [0.1, 0.15) is 0 Å². The molecule has 86 valence electrons. The molecule has 1 heterocycles. The largest absolute Gasteiger partial charge is 0.380 e. The second kappa shape index (κ2) is 4.91. The Morgan fingerprint density at radius 3 is 2.88 bits per heavy atom. The number of benzene rings is 1. The lowest BCUT2D eigenvalue weighted by Crippen LogP contribution is -2.20. The molecule has 0 bridgehead atoms. The van der Waals surface area contributed by atoms with Crippen molar-refractivity contribution in [2.45, 2.75) is 6.29 Å². The molecule has 0 amide bonds. The minimum atomic E-state index is -0.423. The Kier molecular flexibility index (Phi) is 3.33. The van der Waals surface area contributed by atoms with Crippen LogP contribution in [0, 0.1) is 10.1 Å². The summed E-state index contributed by atoms with van der Waals surface area (Å²) in [5.41, 5.74) is 0.756. The van der Waals surface area contributed by atoms with E-state index < -0.39 is 4.92 Å². The predicted molar refractivity (Wildman–Crippen MR) is 57.3 cm³/mol. The van der Waals surface area contributed by atoms with Crippen LogP contribution in [0.25, 0.3) is 0 Å². The third kappa shape index (κ3) is 2.68. The summed E-state index contributed by atoms with van der Waals surface area (Å²) in [6, 6.07) is 6.33. The van der Waals surface area contributed by atoms with Gasteiger partial charge in [0.2, 0.25) is 0 Å². The Labute approximate surface area is 92.3 Å². The van der Waals surface area contributed by atoms with Crippen LogP contribution in [-0.4, -0.2) is 31.0 Å². The summed E-state index contributed by atoms with van der Waals surface area (Å²) in [5, 5.41) is 13.6. The highest BCUT2D eigenvalue weighted by Crippen LogP contribution is 2.17. The number of nitro groups is 1. The summed E-state index contributed by atoms with van der Waals surface area (Å²) >= 11 is 0. The number of nitro benzene ring substituents is 1. The van der Waals surface area contributed by atoms with Crippen LogP contribution in [0.2, 0.25) is 0 Å². The molecule has 0 atom stereocenters. The molecule has 6 nitrogen and oxygen atoms in total. The van der Waals surface area contributed by atoms with Gasteiger partial charge in [-0.15, -0.1) is 0 Å². The van der Waals surface area contributed by atoms with Gasteiger partial charge in [0.05, 0.1) is 24.7 Å². The third-order valence-corrected chi connectivity index (χ3v) is 2.22. The van der Waals surface area contributed by atoms with Crippen LogP contribution in [0.15, 0.2) is 24.3 Å². The first-order valence-electron chi connectivity index (χ1n) is 4.97. The zero-order valence-corrected chi connectivity index (χ0v) is 8.59. The fourth-order valence-electron chi connectivity index (χ4n) is 1.46. The van der Waals surface area contributed by atoms with Crippen molar-refractivity contribution in [2.24, 2.45) is 0 Å². The Morgan fingerprint density at radius 1 is 1.44 bits per heavy atom. The fraction of sp³-hybridized carbons (Fsp3) is 0.400. The zero-order chi connectivity index (χ0) is 11.4. The molecule has 2 rings (SSSR count). The van der Waals surface area contributed by atoms with E-state index in [0.717, 1.165) is 0 Å². The van der Waals surface area contributed by atoms with Crippen LogP contribution in [-0.2, 0) is 9.47 Å². The molecule has 1 N–H and O–H groups in total. The van der Waals surface area contributed by atoms with Gasteiger partial charge in [0, 0.05) is 17.8 Å². The van der Waals surface area contributed by atoms with Gasteiger partial charge in [0.1, 0.15) is 0 Å². The average Bonchev–Trinajstić information content (AvgIpc) is 2.79. The summed E-state index contributed by atoms with van der Waals surface area (Å²) < 4.78 is 10.5. The Balaban J connectivity index is 1.93. The number of anilines is 1. The number of nitrogens with zero attached hydrogens (tertiary/aromatic N) is 1. The summed E-state index contributed by atoms with van der Waals surface area (Å²) in [7, 11) is 0. The van der Waals surface area contributed by atoms with E-state index in [-0.39, 0.29) is 12.0 Å². The molecule has 0 saturated carbocycles. The van der Waals surface area contributed by atoms with Crippen molar-refractivity contribution in [3.8, 4) is 0 Å². The number of hydrogen-bond donors (Lipinski definition) is 1. The lowest BCUT2D eigenvalue weighted by molar-refractivity contribution is -0.384. The maximum Gasteiger partial charge on any atom is 0.271 e. The Bertz CT molecular complexity index is 377. The van der Waals surface area contributed by atoms with Crippen LogP contribution in [0.5, 0.6) is 0 Å². The topological polar surface area (TPSA) is 73.6 Å². The molecule has 0 unspecified atom stereocenters. The molecule has 1 fully saturated rings. The molecule has 16 heavy (non-hydrogen) atoms. The van der Waals surface area contributed by atoms with Crippen LogP contribution in [0.4, 0.5) is 11.4 Å². The molecule has 1 aromatic rings. The van der Waals surface area contributed by atoms with Gasteiger partial charge < -0.3 is 14.8 Å². The SMILES string of the molecule is O=[N+]([O-])c1cccc(NCC2OCCO2)c1. The van der Waals surface area contributed by atoms with Crippen molar-refractivity contribution < 1.29 is 14.4 Å². The van der Waals surface area contributed by atoms with E-state index >= 15 is 0 Å². The van der Waals surface area contributed by atoms with Gasteiger partial charge in [0.15, 0.2) is 6.29 Å². The molecule has 6 heteroatoms. The molecule has 1 saturated heterocycles. The van der Waals surface area contributed by atoms with E-state index in [1.807, 2.05) is 0 Å². The molecule has 1 aromatic carbocycles. The van der Waals surface area contributed by atoms with E-state index in [0.29, 0.717) is 25.4 Å². The minimum Gasteiger partial charge on any atom is -0.380 e. The summed E-state index contributed by atoms with van der Waals surface area (Å²) in [4.78, 5) is 10.1. The predicted octanol–water partition coefficient (Wildman–Crippen LogP) is 1.38. The number of nitrogens with one attached hydrogen (secondary N) is 1. The van der Waals surface area contributed by atoms with Crippen molar-refractivity contribution in [3.05, 3.63) is 34.4 Å². The smallest absolute Gasteiger partial charge is 0.271 e. The lowest BCUT2D eigenvalue weighted by atomic mass is 10.3. The first-order valence-corrected chi connectivity index (χ1v) is 4.97. The second-order valence-corrected chi connectivity index (χ2v) is 3.36. The summed E-state index contributed by atoms with van der Waals surface area (Å²) in [6.07, 6.45) is -0.265. The quantitative estimate of drug-likeness (QED) is 0.617. The van der Waals surface area contributed by atoms with E-state index in [2.05, 4.69) is 5.32 Å². The summed E-state index contributed by atoms with van der Waals surface area (Å²) in [6.45, 7) is 1.68. The maximum atomic E-state index is 10.5. The van der Waals surface area contributed by atoms with Crippen molar-refractivity contribution in [1.82, 2.24) is 0 Å². The average molecular weight is 224 g/mol. The zero-order valence-electron chi connectivity index (χ0n) is 8.59. The number of non-ortho nitro benzene ring substituents is 1.